The molecule has 0 aliphatic rings. The second-order valence-electron chi connectivity index (χ2n) is 2.71. The first-order valence-electron chi connectivity index (χ1n) is 4.14. The average molecular weight is 189 g/mol. The van der Waals surface area contributed by atoms with Gasteiger partial charge in [0.05, 0.1) is 0 Å². The summed E-state index contributed by atoms with van der Waals surface area (Å²) < 4.78 is 4.48. The standard InChI is InChI=1S/C8H15NO4/c1-6(10)8(12)13-5-7(11)3-2-4-9/h6,10H,2-5,9H2,1H3. The number of aliphatic hydroxyl groups is 1. The minimum atomic E-state index is -1.18. The molecule has 0 aliphatic carbocycles. The van der Waals surface area contributed by atoms with Gasteiger partial charge in [0.25, 0.3) is 0 Å². The minimum Gasteiger partial charge on any atom is -0.456 e. The molecule has 0 spiro atoms. The van der Waals surface area contributed by atoms with Crippen LogP contribution in [-0.2, 0) is 14.3 Å². The molecular formula is C8H15NO4. The van der Waals surface area contributed by atoms with Gasteiger partial charge in [-0.1, -0.05) is 0 Å². The Bertz CT molecular complexity index is 179. The molecule has 5 heteroatoms. The van der Waals surface area contributed by atoms with Gasteiger partial charge in [-0.15, -0.1) is 0 Å². The maximum absolute atomic E-state index is 10.9. The predicted molar refractivity (Wildman–Crippen MR) is 45.9 cm³/mol. The number of ether oxygens (including phenoxy) is 1. The molecule has 5 nitrogen and oxygen atoms in total. The number of nitrogens with two attached hydrogens (primary N) is 1. The second kappa shape index (κ2) is 6.56. The van der Waals surface area contributed by atoms with Gasteiger partial charge in [0.1, 0.15) is 12.7 Å². The third-order valence-electron chi connectivity index (χ3n) is 1.38. The summed E-state index contributed by atoms with van der Waals surface area (Å²) in [6.45, 7) is 1.45. The number of hydrogen-bond acceptors (Lipinski definition) is 5. The first-order chi connectivity index (χ1) is 6.07. The monoisotopic (exact) mass is 189 g/mol. The van der Waals surface area contributed by atoms with E-state index in [1.54, 1.807) is 0 Å². The number of esters is 1. The molecule has 0 aromatic heterocycles. The van der Waals surface area contributed by atoms with Gasteiger partial charge in [-0.25, -0.2) is 4.79 Å². The summed E-state index contributed by atoms with van der Waals surface area (Å²) in [4.78, 5) is 21.6. The van der Waals surface area contributed by atoms with E-state index in [4.69, 9.17) is 10.8 Å². The van der Waals surface area contributed by atoms with Gasteiger partial charge in [0.2, 0.25) is 0 Å². The van der Waals surface area contributed by atoms with Crippen LogP contribution in [0.3, 0.4) is 0 Å². The number of ketones is 1. The molecule has 1 atom stereocenters. The lowest BCUT2D eigenvalue weighted by Gasteiger charge is -2.04. The van der Waals surface area contributed by atoms with Crippen molar-refractivity contribution in [3.05, 3.63) is 0 Å². The van der Waals surface area contributed by atoms with Crippen LogP contribution in [0.2, 0.25) is 0 Å². The molecular weight excluding hydrogens is 174 g/mol. The van der Waals surface area contributed by atoms with Crippen molar-refractivity contribution in [2.24, 2.45) is 5.73 Å². The van der Waals surface area contributed by atoms with Crippen molar-refractivity contribution < 1.29 is 19.4 Å². The van der Waals surface area contributed by atoms with Crippen LogP contribution in [0, 0.1) is 0 Å². The first kappa shape index (κ1) is 12.1. The fraction of sp³-hybridized carbons (Fsp3) is 0.750. The fourth-order valence-electron chi connectivity index (χ4n) is 0.644. The highest BCUT2D eigenvalue weighted by Gasteiger charge is 2.11. The van der Waals surface area contributed by atoms with E-state index in [1.807, 2.05) is 0 Å². The van der Waals surface area contributed by atoms with Crippen molar-refractivity contribution in [2.75, 3.05) is 13.2 Å². The fourth-order valence-corrected chi connectivity index (χ4v) is 0.644. The molecule has 0 aromatic carbocycles. The van der Waals surface area contributed by atoms with Crippen LogP contribution in [-0.4, -0.2) is 36.1 Å². The van der Waals surface area contributed by atoms with Crippen LogP contribution in [0.15, 0.2) is 0 Å². The first-order valence-corrected chi connectivity index (χ1v) is 4.14. The topological polar surface area (TPSA) is 89.6 Å². The van der Waals surface area contributed by atoms with Gasteiger partial charge < -0.3 is 15.6 Å². The molecule has 3 N–H and O–H groups in total. The van der Waals surface area contributed by atoms with Gasteiger partial charge in [-0.3, -0.25) is 4.79 Å². The van der Waals surface area contributed by atoms with Crippen molar-refractivity contribution in [3.8, 4) is 0 Å². The van der Waals surface area contributed by atoms with Crippen LogP contribution in [0.1, 0.15) is 19.8 Å². The maximum atomic E-state index is 10.9. The van der Waals surface area contributed by atoms with Crippen molar-refractivity contribution in [1.82, 2.24) is 0 Å². The predicted octanol–water partition coefficient (Wildman–Crippen LogP) is -0.782. The molecule has 0 aromatic rings. The molecule has 0 bridgehead atoms. The van der Waals surface area contributed by atoms with Crippen molar-refractivity contribution in [1.29, 1.82) is 0 Å². The van der Waals surface area contributed by atoms with Gasteiger partial charge in [0.15, 0.2) is 5.78 Å². The van der Waals surface area contributed by atoms with E-state index < -0.39 is 12.1 Å². The lowest BCUT2D eigenvalue weighted by atomic mass is 10.2. The molecule has 0 saturated carbocycles. The summed E-state index contributed by atoms with van der Waals surface area (Å²) >= 11 is 0. The molecule has 0 heterocycles. The summed E-state index contributed by atoms with van der Waals surface area (Å²) in [5.41, 5.74) is 5.18. The molecule has 0 radical (unpaired) electrons. The number of aliphatic hydroxyl groups excluding tert-OH is 1. The normalized spacial score (nSPS) is 12.2. The molecule has 1 unspecified atom stereocenters. The zero-order valence-corrected chi connectivity index (χ0v) is 7.66. The van der Waals surface area contributed by atoms with Gasteiger partial charge in [0, 0.05) is 6.42 Å². The van der Waals surface area contributed by atoms with Crippen LogP contribution in [0.4, 0.5) is 0 Å². The Morgan fingerprint density at radius 3 is 2.62 bits per heavy atom. The number of Topliss-reactive ketones (excluding diaryl/α,β-unsaturated/α-hetero) is 1. The SMILES string of the molecule is CC(O)C(=O)OCC(=O)CCCN. The zero-order chi connectivity index (χ0) is 10.3. The number of rotatable bonds is 6. The number of carbonyl (C=O) groups is 2. The summed E-state index contributed by atoms with van der Waals surface area (Å²) in [6.07, 6.45) is -0.281. The number of carbonyl (C=O) groups excluding carboxylic acids is 2. The lowest BCUT2D eigenvalue weighted by Crippen LogP contribution is -2.23. The van der Waals surface area contributed by atoms with E-state index in [1.165, 1.54) is 6.92 Å². The van der Waals surface area contributed by atoms with E-state index in [9.17, 15) is 9.59 Å². The van der Waals surface area contributed by atoms with Gasteiger partial charge in [-0.2, -0.15) is 0 Å². The minimum absolute atomic E-state index is 0.181. The zero-order valence-electron chi connectivity index (χ0n) is 7.66. The molecule has 13 heavy (non-hydrogen) atoms. The Hall–Kier alpha value is -0.940. The van der Waals surface area contributed by atoms with E-state index in [0.29, 0.717) is 19.4 Å². The lowest BCUT2D eigenvalue weighted by molar-refractivity contribution is -0.155. The number of hydrogen-bond donors (Lipinski definition) is 2. The van der Waals surface area contributed by atoms with Crippen molar-refractivity contribution in [2.45, 2.75) is 25.9 Å². The smallest absolute Gasteiger partial charge is 0.335 e. The van der Waals surface area contributed by atoms with Crippen molar-refractivity contribution >= 4 is 11.8 Å². The Labute approximate surface area is 76.9 Å². The van der Waals surface area contributed by atoms with Crippen LogP contribution >= 0.6 is 0 Å². The highest BCUT2D eigenvalue weighted by atomic mass is 16.5. The molecule has 0 amide bonds. The summed E-state index contributed by atoms with van der Waals surface area (Å²) in [6, 6.07) is 0. The molecule has 0 saturated heterocycles. The average Bonchev–Trinajstić information content (AvgIpc) is 2.10. The van der Waals surface area contributed by atoms with E-state index in [-0.39, 0.29) is 12.4 Å². The van der Waals surface area contributed by atoms with E-state index >= 15 is 0 Å². The van der Waals surface area contributed by atoms with E-state index in [0.717, 1.165) is 0 Å². The van der Waals surface area contributed by atoms with Crippen LogP contribution in [0.25, 0.3) is 0 Å². The van der Waals surface area contributed by atoms with E-state index in [2.05, 4.69) is 4.74 Å². The quantitative estimate of drug-likeness (QED) is 0.535. The summed E-state index contributed by atoms with van der Waals surface area (Å²) in [5.74, 6) is -0.958. The van der Waals surface area contributed by atoms with Crippen LogP contribution < -0.4 is 5.73 Å². The highest BCUT2D eigenvalue weighted by molar-refractivity contribution is 5.83. The van der Waals surface area contributed by atoms with Gasteiger partial charge >= 0.3 is 5.97 Å². The molecule has 0 aliphatic heterocycles. The third kappa shape index (κ3) is 6.24. The van der Waals surface area contributed by atoms with Crippen LogP contribution in [0.5, 0.6) is 0 Å². The highest BCUT2D eigenvalue weighted by Crippen LogP contribution is 1.92. The largest absolute Gasteiger partial charge is 0.456 e. The van der Waals surface area contributed by atoms with Crippen molar-refractivity contribution in [3.63, 3.8) is 0 Å². The Balaban J connectivity index is 3.52. The third-order valence-corrected chi connectivity index (χ3v) is 1.38. The summed E-state index contributed by atoms with van der Waals surface area (Å²) in [5, 5.41) is 8.70. The summed E-state index contributed by atoms with van der Waals surface area (Å²) in [7, 11) is 0. The Morgan fingerprint density at radius 1 is 1.54 bits per heavy atom. The maximum Gasteiger partial charge on any atom is 0.335 e. The molecule has 0 fully saturated rings. The van der Waals surface area contributed by atoms with Gasteiger partial charge in [-0.05, 0) is 19.9 Å². The Morgan fingerprint density at radius 2 is 2.15 bits per heavy atom. The second-order valence-corrected chi connectivity index (χ2v) is 2.71. The Kier molecular flexibility index (Phi) is 6.09. The molecule has 0 rings (SSSR count). The molecule has 76 valence electrons.